The maximum absolute atomic E-state index is 13.4. The number of nitrogens with two attached hydrogens (primary N) is 1. The molecule has 3 aromatic rings. The highest BCUT2D eigenvalue weighted by Gasteiger charge is 2.24. The molecule has 4 rings (SSSR count). The van der Waals surface area contributed by atoms with Gasteiger partial charge in [0.1, 0.15) is 5.82 Å². The number of rotatable bonds is 3. The molecule has 0 amide bonds. The third-order valence-electron chi connectivity index (χ3n) is 4.87. The lowest BCUT2D eigenvalue weighted by Gasteiger charge is -2.31. The molecule has 0 aromatic heterocycles. The highest BCUT2D eigenvalue weighted by molar-refractivity contribution is 7.89. The van der Waals surface area contributed by atoms with Crippen LogP contribution in [-0.2, 0) is 10.0 Å². The number of halogens is 1. The van der Waals surface area contributed by atoms with Crippen molar-refractivity contribution in [2.24, 2.45) is 5.14 Å². The minimum atomic E-state index is -3.99. The van der Waals surface area contributed by atoms with E-state index in [1.165, 1.54) is 12.1 Å². The first kappa shape index (κ1) is 17.9. The lowest BCUT2D eigenvalue weighted by atomic mass is 9.98. The molecule has 7 heteroatoms. The van der Waals surface area contributed by atoms with Gasteiger partial charge in [0, 0.05) is 48.2 Å². The third kappa shape index (κ3) is 3.41. The van der Waals surface area contributed by atoms with Crippen LogP contribution >= 0.6 is 0 Å². The predicted molar refractivity (Wildman–Crippen MR) is 106 cm³/mol. The van der Waals surface area contributed by atoms with Crippen LogP contribution in [0.5, 0.6) is 0 Å². The first-order valence-electron chi connectivity index (χ1n) is 8.75. The van der Waals surface area contributed by atoms with Crippen molar-refractivity contribution in [1.82, 2.24) is 5.32 Å². The van der Waals surface area contributed by atoms with E-state index in [2.05, 4.69) is 10.2 Å². The number of hydrogen-bond donors (Lipinski definition) is 2. The molecule has 5 nitrogen and oxygen atoms in total. The van der Waals surface area contributed by atoms with Crippen molar-refractivity contribution in [1.29, 1.82) is 0 Å². The number of anilines is 1. The molecule has 1 saturated heterocycles. The monoisotopic (exact) mass is 385 g/mol. The van der Waals surface area contributed by atoms with Crippen molar-refractivity contribution in [2.45, 2.75) is 4.90 Å². The summed E-state index contributed by atoms with van der Waals surface area (Å²) in [5.74, 6) is -0.376. The van der Waals surface area contributed by atoms with Crippen LogP contribution in [-0.4, -0.2) is 34.6 Å². The van der Waals surface area contributed by atoms with Gasteiger partial charge in [0.2, 0.25) is 10.0 Å². The maximum Gasteiger partial charge on any atom is 0.239 e. The van der Waals surface area contributed by atoms with Crippen molar-refractivity contribution in [3.63, 3.8) is 0 Å². The van der Waals surface area contributed by atoms with Crippen LogP contribution in [0, 0.1) is 5.82 Å². The predicted octanol–water partition coefficient (Wildman–Crippen LogP) is 2.70. The summed E-state index contributed by atoms with van der Waals surface area (Å²) in [6, 6.07) is 15.0. The number of primary sulfonamides is 1. The second-order valence-electron chi connectivity index (χ2n) is 6.61. The minimum absolute atomic E-state index is 0.0728. The van der Waals surface area contributed by atoms with Crippen LogP contribution in [0.4, 0.5) is 10.1 Å². The number of benzene rings is 3. The molecule has 1 fully saturated rings. The summed E-state index contributed by atoms with van der Waals surface area (Å²) in [5, 5.41) is 10.3. The summed E-state index contributed by atoms with van der Waals surface area (Å²) in [5.41, 5.74) is 2.06. The van der Waals surface area contributed by atoms with E-state index >= 15 is 0 Å². The zero-order chi connectivity index (χ0) is 19.0. The molecule has 27 heavy (non-hydrogen) atoms. The van der Waals surface area contributed by atoms with E-state index in [9.17, 15) is 12.8 Å². The fraction of sp³-hybridized carbons (Fsp3) is 0.200. The van der Waals surface area contributed by atoms with Crippen molar-refractivity contribution < 1.29 is 12.8 Å². The average Bonchev–Trinajstić information content (AvgIpc) is 2.67. The lowest BCUT2D eigenvalue weighted by molar-refractivity contribution is 0.590. The number of fused-ring (bicyclic) bond motifs is 1. The Balaban J connectivity index is 2.06. The number of nitrogens with zero attached hydrogens (tertiary/aromatic N) is 1. The van der Waals surface area contributed by atoms with Gasteiger partial charge in [-0.3, -0.25) is 0 Å². The van der Waals surface area contributed by atoms with E-state index in [-0.39, 0.29) is 10.7 Å². The number of piperazine rings is 1. The molecule has 0 atom stereocenters. The molecular weight excluding hydrogens is 365 g/mol. The van der Waals surface area contributed by atoms with Gasteiger partial charge in [-0.2, -0.15) is 0 Å². The van der Waals surface area contributed by atoms with E-state index < -0.39 is 10.0 Å². The Morgan fingerprint density at radius 1 is 0.963 bits per heavy atom. The van der Waals surface area contributed by atoms with Crippen LogP contribution in [0.25, 0.3) is 21.9 Å². The van der Waals surface area contributed by atoms with E-state index in [4.69, 9.17) is 5.14 Å². The summed E-state index contributed by atoms with van der Waals surface area (Å²) in [6.45, 7) is 3.36. The van der Waals surface area contributed by atoms with Crippen molar-refractivity contribution >= 4 is 26.5 Å². The molecule has 1 aliphatic rings. The Kier molecular flexibility index (Phi) is 4.59. The van der Waals surface area contributed by atoms with Crippen molar-refractivity contribution in [3.05, 3.63) is 60.4 Å². The van der Waals surface area contributed by atoms with Gasteiger partial charge >= 0.3 is 0 Å². The number of sulfonamides is 1. The quantitative estimate of drug-likeness (QED) is 0.727. The summed E-state index contributed by atoms with van der Waals surface area (Å²) in [7, 11) is -3.99. The molecule has 0 spiro atoms. The summed E-state index contributed by atoms with van der Waals surface area (Å²) >= 11 is 0. The van der Waals surface area contributed by atoms with Gasteiger partial charge in [-0.1, -0.05) is 36.4 Å². The zero-order valence-electron chi connectivity index (χ0n) is 14.7. The summed E-state index contributed by atoms with van der Waals surface area (Å²) in [6.07, 6.45) is 0. The van der Waals surface area contributed by atoms with Gasteiger partial charge in [0.15, 0.2) is 0 Å². The van der Waals surface area contributed by atoms with Crippen LogP contribution in [0.3, 0.4) is 0 Å². The largest absolute Gasteiger partial charge is 0.368 e. The third-order valence-corrected chi connectivity index (χ3v) is 5.88. The van der Waals surface area contributed by atoms with E-state index in [0.717, 1.165) is 37.3 Å². The topological polar surface area (TPSA) is 75.4 Å². The first-order valence-corrected chi connectivity index (χ1v) is 10.3. The van der Waals surface area contributed by atoms with Gasteiger partial charge < -0.3 is 10.2 Å². The van der Waals surface area contributed by atoms with Crippen molar-refractivity contribution in [2.75, 3.05) is 31.1 Å². The minimum Gasteiger partial charge on any atom is -0.368 e. The van der Waals surface area contributed by atoms with Crippen molar-refractivity contribution in [3.8, 4) is 11.1 Å². The highest BCUT2D eigenvalue weighted by atomic mass is 32.2. The Bertz CT molecular complexity index is 1090. The van der Waals surface area contributed by atoms with Crippen LogP contribution in [0.15, 0.2) is 59.5 Å². The van der Waals surface area contributed by atoms with Crippen LogP contribution in [0.1, 0.15) is 0 Å². The molecule has 0 bridgehead atoms. The zero-order valence-corrected chi connectivity index (χ0v) is 15.5. The molecule has 3 aromatic carbocycles. The fourth-order valence-electron chi connectivity index (χ4n) is 3.65. The standard InChI is InChI=1S/C20H20FN3O2S/c21-15-7-5-14(6-8-15)18-13-19(24-11-9-23-10-12-24)16-3-1-2-4-17(16)20(18)27(22,25)26/h1-8,13,23H,9-12H2,(H2,22,25,26). The second kappa shape index (κ2) is 6.92. The molecule has 1 aliphatic heterocycles. The average molecular weight is 385 g/mol. The SMILES string of the molecule is NS(=O)(=O)c1c(-c2ccc(F)cc2)cc(N2CCNCC2)c2ccccc12. The molecular formula is C20H20FN3O2S. The fourth-order valence-corrected chi connectivity index (χ4v) is 4.62. The van der Waals surface area contributed by atoms with E-state index in [1.54, 1.807) is 24.3 Å². The number of hydrogen-bond acceptors (Lipinski definition) is 4. The Labute approximate surface area is 157 Å². The maximum atomic E-state index is 13.4. The molecule has 3 N–H and O–H groups in total. The summed E-state index contributed by atoms with van der Waals surface area (Å²) < 4.78 is 38.4. The Morgan fingerprint density at radius 2 is 1.59 bits per heavy atom. The van der Waals surface area contributed by atoms with Crippen LogP contribution in [0.2, 0.25) is 0 Å². The Hall–Kier alpha value is -2.48. The Morgan fingerprint density at radius 3 is 2.22 bits per heavy atom. The molecule has 0 saturated carbocycles. The van der Waals surface area contributed by atoms with Gasteiger partial charge in [0.25, 0.3) is 0 Å². The molecule has 1 heterocycles. The lowest BCUT2D eigenvalue weighted by Crippen LogP contribution is -2.43. The highest BCUT2D eigenvalue weighted by Crippen LogP contribution is 2.39. The number of nitrogens with one attached hydrogen (secondary N) is 1. The van der Waals surface area contributed by atoms with Gasteiger partial charge in [-0.15, -0.1) is 0 Å². The first-order chi connectivity index (χ1) is 12.9. The van der Waals surface area contributed by atoms with Gasteiger partial charge in [-0.05, 0) is 23.8 Å². The molecule has 0 unspecified atom stereocenters. The van der Waals surface area contributed by atoms with Gasteiger partial charge in [-0.25, -0.2) is 17.9 Å². The summed E-state index contributed by atoms with van der Waals surface area (Å²) in [4.78, 5) is 2.31. The normalized spacial score (nSPS) is 15.3. The second-order valence-corrected chi connectivity index (χ2v) is 8.11. The van der Waals surface area contributed by atoms with Gasteiger partial charge in [0.05, 0.1) is 4.90 Å². The molecule has 140 valence electrons. The molecule has 0 radical (unpaired) electrons. The van der Waals surface area contributed by atoms with Crippen LogP contribution < -0.4 is 15.4 Å². The van der Waals surface area contributed by atoms with E-state index in [1.807, 2.05) is 18.2 Å². The smallest absolute Gasteiger partial charge is 0.239 e. The molecule has 0 aliphatic carbocycles. The van der Waals surface area contributed by atoms with E-state index in [0.29, 0.717) is 16.5 Å².